The highest BCUT2D eigenvalue weighted by Crippen LogP contribution is 1.50. The fourth-order valence-corrected chi connectivity index (χ4v) is 0. The topological polar surface area (TPSA) is 26.3 Å². The van der Waals surface area contributed by atoms with Gasteiger partial charge in [-0.25, -0.2) is 0 Å². The average molecular weight is 120 g/mol. The van der Waals surface area contributed by atoms with Crippen LogP contribution in [0.15, 0.2) is 0 Å². The lowest BCUT2D eigenvalue weighted by molar-refractivity contribution is -0.114. The molecule has 0 atom stereocenters. The van der Waals surface area contributed by atoms with Gasteiger partial charge >= 0.3 is 0 Å². The van der Waals surface area contributed by atoms with Gasteiger partial charge in [0.1, 0.15) is 5.78 Å². The van der Waals surface area contributed by atoms with E-state index in [-0.39, 0.29) is 13.2 Å². The van der Waals surface area contributed by atoms with Crippen molar-refractivity contribution < 1.29 is 9.53 Å². The summed E-state index contributed by atoms with van der Waals surface area (Å²) in [5.74, 6) is 0.167. The first-order chi connectivity index (χ1) is 3.15. The predicted molar refractivity (Wildman–Crippen MR) is 36.0 cm³/mol. The second-order valence-corrected chi connectivity index (χ2v) is 1.32. The van der Waals surface area contributed by atoms with Gasteiger partial charge in [0.25, 0.3) is 0 Å². The van der Waals surface area contributed by atoms with E-state index in [2.05, 4.69) is 4.74 Å². The van der Waals surface area contributed by atoms with Gasteiger partial charge < -0.3 is 9.53 Å². The highest BCUT2D eigenvalue weighted by Gasteiger charge is 1.62. The summed E-state index contributed by atoms with van der Waals surface area (Å²) in [5.41, 5.74) is 0. The SMILES string of the molecule is C.CC(C)=O.COC. The molecule has 0 aliphatic carbocycles. The molecule has 0 amide bonds. The Labute approximate surface area is 51.9 Å². The Balaban J connectivity index is -0.0000000575. The van der Waals surface area contributed by atoms with Gasteiger partial charge in [-0.15, -0.1) is 0 Å². The van der Waals surface area contributed by atoms with Crippen molar-refractivity contribution in [1.82, 2.24) is 0 Å². The summed E-state index contributed by atoms with van der Waals surface area (Å²) >= 11 is 0. The number of Topliss-reactive ketones (excluding diaryl/α,β-unsaturated/α-hetero) is 1. The number of ether oxygens (including phenoxy) is 1. The van der Waals surface area contributed by atoms with Gasteiger partial charge in [0.05, 0.1) is 0 Å². The fraction of sp³-hybridized carbons (Fsp3) is 0.833. The van der Waals surface area contributed by atoms with Crippen LogP contribution in [0.25, 0.3) is 0 Å². The van der Waals surface area contributed by atoms with Crippen molar-refractivity contribution in [3.63, 3.8) is 0 Å². The van der Waals surface area contributed by atoms with Crippen LogP contribution in [0.3, 0.4) is 0 Å². The summed E-state index contributed by atoms with van der Waals surface area (Å²) in [6, 6.07) is 0. The Bertz CT molecular complexity index is 37.8. The first-order valence-electron chi connectivity index (χ1n) is 2.02. The Kier molecular flexibility index (Phi) is 31.2. The van der Waals surface area contributed by atoms with Crippen LogP contribution in [-0.2, 0) is 9.53 Å². The summed E-state index contributed by atoms with van der Waals surface area (Å²) in [4.78, 5) is 9.44. The van der Waals surface area contributed by atoms with Gasteiger partial charge in [0, 0.05) is 14.2 Å². The van der Waals surface area contributed by atoms with E-state index in [1.54, 1.807) is 14.2 Å². The molecule has 52 valence electrons. The maximum absolute atomic E-state index is 9.44. The zero-order valence-corrected chi connectivity index (χ0v) is 5.32. The number of hydrogen-bond acceptors (Lipinski definition) is 2. The third-order valence-corrected chi connectivity index (χ3v) is 0. The Morgan fingerprint density at radius 3 is 1.25 bits per heavy atom. The Morgan fingerprint density at radius 2 is 1.25 bits per heavy atom. The standard InChI is InChI=1S/C3H6O.C2H6O.CH4/c1-3(2)4;1-3-2;/h1-2H3;1-2H3;1H4. The zero-order valence-electron chi connectivity index (χ0n) is 5.32. The smallest absolute Gasteiger partial charge is 0.126 e. The summed E-state index contributed by atoms with van der Waals surface area (Å²) in [5, 5.41) is 0. The molecule has 0 aromatic carbocycles. The number of methoxy groups -OCH3 is 1. The number of hydrogen-bond donors (Lipinski definition) is 0. The summed E-state index contributed by atoms with van der Waals surface area (Å²) in [7, 11) is 3.25. The lowest BCUT2D eigenvalue weighted by atomic mass is 10.6. The molecule has 0 fully saturated rings. The summed E-state index contributed by atoms with van der Waals surface area (Å²) in [6.45, 7) is 3.06. The molecule has 2 nitrogen and oxygen atoms in total. The molecular weight excluding hydrogens is 104 g/mol. The van der Waals surface area contributed by atoms with Crippen LogP contribution in [0.4, 0.5) is 0 Å². The molecule has 0 saturated heterocycles. The highest BCUT2D eigenvalue weighted by molar-refractivity contribution is 5.72. The van der Waals surface area contributed by atoms with E-state index in [1.807, 2.05) is 0 Å². The maximum Gasteiger partial charge on any atom is 0.126 e. The molecule has 0 spiro atoms. The monoisotopic (exact) mass is 120 g/mol. The van der Waals surface area contributed by atoms with E-state index in [9.17, 15) is 4.79 Å². The van der Waals surface area contributed by atoms with Crippen LogP contribution in [0, 0.1) is 0 Å². The van der Waals surface area contributed by atoms with Crippen LogP contribution in [0.5, 0.6) is 0 Å². The van der Waals surface area contributed by atoms with E-state index < -0.39 is 0 Å². The Morgan fingerprint density at radius 1 is 1.25 bits per heavy atom. The molecule has 0 heterocycles. The molecule has 0 aliphatic heterocycles. The molecule has 8 heavy (non-hydrogen) atoms. The minimum atomic E-state index is 0. The quantitative estimate of drug-likeness (QED) is 0.484. The summed E-state index contributed by atoms with van der Waals surface area (Å²) < 4.78 is 4.25. The van der Waals surface area contributed by atoms with Crippen LogP contribution >= 0.6 is 0 Å². The van der Waals surface area contributed by atoms with Crippen molar-refractivity contribution in [2.75, 3.05) is 14.2 Å². The van der Waals surface area contributed by atoms with Crippen LogP contribution < -0.4 is 0 Å². The normalized spacial score (nSPS) is 5.50. The third-order valence-electron chi connectivity index (χ3n) is 0. The molecule has 0 unspecified atom stereocenters. The van der Waals surface area contributed by atoms with Crippen molar-refractivity contribution in [2.45, 2.75) is 21.3 Å². The van der Waals surface area contributed by atoms with Crippen LogP contribution in [0.1, 0.15) is 21.3 Å². The molecule has 0 aromatic rings. The molecule has 0 bridgehead atoms. The van der Waals surface area contributed by atoms with E-state index in [1.165, 1.54) is 13.8 Å². The Hall–Kier alpha value is -0.370. The number of carbonyl (C=O) groups excluding carboxylic acids is 1. The zero-order chi connectivity index (χ0) is 6.28. The lowest BCUT2D eigenvalue weighted by Crippen LogP contribution is -1.69. The average Bonchev–Trinajstić information content (AvgIpc) is 1.33. The predicted octanol–water partition coefficient (Wildman–Crippen LogP) is 1.49. The van der Waals surface area contributed by atoms with Crippen LogP contribution in [-0.4, -0.2) is 20.0 Å². The van der Waals surface area contributed by atoms with Crippen molar-refractivity contribution in [3.05, 3.63) is 0 Å². The van der Waals surface area contributed by atoms with Gasteiger partial charge in [-0.1, -0.05) is 7.43 Å². The molecule has 0 rings (SSSR count). The molecular formula is C6H16O2. The second kappa shape index (κ2) is 15.9. The molecule has 0 radical (unpaired) electrons. The number of carbonyl (C=O) groups is 1. The lowest BCUT2D eigenvalue weighted by Gasteiger charge is -1.61. The van der Waals surface area contributed by atoms with Gasteiger partial charge in [0.2, 0.25) is 0 Å². The van der Waals surface area contributed by atoms with Gasteiger partial charge in [-0.05, 0) is 13.8 Å². The first kappa shape index (κ1) is 15.6. The number of ketones is 1. The fourth-order valence-electron chi connectivity index (χ4n) is 0. The van der Waals surface area contributed by atoms with E-state index in [4.69, 9.17) is 0 Å². The molecule has 2 heteroatoms. The van der Waals surface area contributed by atoms with Gasteiger partial charge in [-0.3, -0.25) is 0 Å². The van der Waals surface area contributed by atoms with Crippen molar-refractivity contribution in [3.8, 4) is 0 Å². The van der Waals surface area contributed by atoms with Gasteiger partial charge in [0.15, 0.2) is 0 Å². The largest absolute Gasteiger partial charge is 0.388 e. The van der Waals surface area contributed by atoms with E-state index >= 15 is 0 Å². The first-order valence-corrected chi connectivity index (χ1v) is 2.02. The summed E-state index contributed by atoms with van der Waals surface area (Å²) in [6.07, 6.45) is 0. The second-order valence-electron chi connectivity index (χ2n) is 1.32. The molecule has 0 saturated carbocycles. The third kappa shape index (κ3) is 882. The van der Waals surface area contributed by atoms with Gasteiger partial charge in [-0.2, -0.15) is 0 Å². The number of rotatable bonds is 0. The molecule has 0 N–H and O–H groups in total. The van der Waals surface area contributed by atoms with Crippen molar-refractivity contribution in [2.24, 2.45) is 0 Å². The highest BCUT2D eigenvalue weighted by atomic mass is 16.4. The minimum absolute atomic E-state index is 0. The van der Waals surface area contributed by atoms with Crippen molar-refractivity contribution in [1.29, 1.82) is 0 Å². The maximum atomic E-state index is 9.44. The minimum Gasteiger partial charge on any atom is -0.388 e. The van der Waals surface area contributed by atoms with Crippen LogP contribution in [0.2, 0.25) is 0 Å². The van der Waals surface area contributed by atoms with E-state index in [0.717, 1.165) is 0 Å². The van der Waals surface area contributed by atoms with Crippen molar-refractivity contribution >= 4 is 5.78 Å². The van der Waals surface area contributed by atoms with E-state index in [0.29, 0.717) is 0 Å². The molecule has 0 aromatic heterocycles. The molecule has 0 aliphatic rings.